The van der Waals surface area contributed by atoms with Gasteiger partial charge >= 0.3 is 0 Å². The van der Waals surface area contributed by atoms with E-state index >= 15 is 0 Å². The predicted octanol–water partition coefficient (Wildman–Crippen LogP) is 14.4. The molecule has 53 heavy (non-hydrogen) atoms. The molecule has 0 radical (unpaired) electrons. The smallest absolute Gasteiger partial charge is 0.137 e. The number of hydrogen-bond acceptors (Lipinski definition) is 2. The second-order valence-electron chi connectivity index (χ2n) is 14.6. The molecule has 2 nitrogen and oxygen atoms in total. The molecule has 1 heterocycles. The lowest BCUT2D eigenvalue weighted by Gasteiger charge is -2.27. The summed E-state index contributed by atoms with van der Waals surface area (Å²) in [5.41, 5.74) is 17.5. The Morgan fingerprint density at radius 2 is 0.981 bits per heavy atom. The zero-order chi connectivity index (χ0) is 35.5. The maximum absolute atomic E-state index is 6.40. The lowest BCUT2D eigenvalue weighted by Crippen LogP contribution is -2.16. The predicted molar refractivity (Wildman–Crippen MR) is 222 cm³/mol. The lowest BCUT2D eigenvalue weighted by atomic mass is 9.78. The highest BCUT2D eigenvalue weighted by molar-refractivity contribution is 6.06. The van der Waals surface area contributed by atoms with Crippen molar-refractivity contribution in [2.45, 2.75) is 19.3 Å². The molecule has 0 atom stereocenters. The lowest BCUT2D eigenvalue weighted by molar-refractivity contribution is 0.662. The van der Waals surface area contributed by atoms with E-state index in [9.17, 15) is 0 Å². The molecular weight excluding hydrogens is 643 g/mol. The minimum Gasteiger partial charge on any atom is -0.456 e. The normalized spacial score (nSPS) is 12.9. The van der Waals surface area contributed by atoms with E-state index < -0.39 is 0 Å². The molecule has 1 aliphatic rings. The first kappa shape index (κ1) is 31.1. The molecule has 0 N–H and O–H groups in total. The fraction of sp³-hybridized carbons (Fsp3) is 0.0588. The molecule has 252 valence electrons. The van der Waals surface area contributed by atoms with Crippen molar-refractivity contribution in [2.24, 2.45) is 0 Å². The number of fused-ring (bicyclic) bond motifs is 6. The van der Waals surface area contributed by atoms with Crippen molar-refractivity contribution in [3.05, 3.63) is 199 Å². The van der Waals surface area contributed by atoms with Crippen LogP contribution in [-0.2, 0) is 5.41 Å². The van der Waals surface area contributed by atoms with Crippen LogP contribution < -0.4 is 4.90 Å². The van der Waals surface area contributed by atoms with Gasteiger partial charge in [0.1, 0.15) is 11.2 Å². The van der Waals surface area contributed by atoms with Crippen molar-refractivity contribution in [3.8, 4) is 44.5 Å². The van der Waals surface area contributed by atoms with Crippen molar-refractivity contribution >= 4 is 39.0 Å². The van der Waals surface area contributed by atoms with Gasteiger partial charge in [-0.1, -0.05) is 141 Å². The molecular formula is C51H37NO. The minimum atomic E-state index is -0.116. The zero-order valence-electron chi connectivity index (χ0n) is 29.8. The number of rotatable bonds is 6. The molecule has 1 aliphatic carbocycles. The molecule has 8 aromatic carbocycles. The highest BCUT2D eigenvalue weighted by atomic mass is 16.3. The van der Waals surface area contributed by atoms with Gasteiger partial charge in [0.2, 0.25) is 0 Å². The number of furan rings is 1. The number of nitrogens with zero attached hydrogens (tertiary/aromatic N) is 1. The molecule has 0 fully saturated rings. The molecule has 1 aromatic heterocycles. The van der Waals surface area contributed by atoms with Gasteiger partial charge in [0, 0.05) is 39.3 Å². The average molecular weight is 680 g/mol. The van der Waals surface area contributed by atoms with Gasteiger partial charge in [-0.15, -0.1) is 0 Å². The van der Waals surface area contributed by atoms with Crippen LogP contribution in [0.25, 0.3) is 66.4 Å². The molecule has 0 saturated carbocycles. The molecule has 0 bridgehead atoms. The van der Waals surface area contributed by atoms with Gasteiger partial charge in [-0.05, 0) is 110 Å². The topological polar surface area (TPSA) is 16.4 Å². The van der Waals surface area contributed by atoms with Crippen LogP contribution in [0.15, 0.2) is 192 Å². The van der Waals surface area contributed by atoms with Crippen LogP contribution in [0.1, 0.15) is 25.0 Å². The highest BCUT2D eigenvalue weighted by Gasteiger charge is 2.38. The maximum atomic E-state index is 6.40. The van der Waals surface area contributed by atoms with E-state index in [0.29, 0.717) is 0 Å². The standard InChI is InChI=1S/C51H37NO/c1-51(2)47-22-11-9-20-42(47)46-32-38(31-45(50(46)51)36-16-7-4-8-17-36)37-18-13-19-40(30-37)52(39-26-24-35(25-27-39)34-14-5-3-6-15-34)41-28-29-44-43-21-10-12-23-48(43)53-49(44)33-41/h3-33H,1-2H3. The molecule has 0 amide bonds. The van der Waals surface area contributed by atoms with E-state index in [1.165, 1.54) is 55.6 Å². The van der Waals surface area contributed by atoms with E-state index in [1.807, 2.05) is 12.1 Å². The van der Waals surface area contributed by atoms with Crippen molar-refractivity contribution in [2.75, 3.05) is 4.90 Å². The first-order chi connectivity index (χ1) is 26.0. The molecule has 10 rings (SSSR count). The summed E-state index contributed by atoms with van der Waals surface area (Å²) in [5.74, 6) is 0. The Balaban J connectivity index is 1.15. The largest absolute Gasteiger partial charge is 0.456 e. The van der Waals surface area contributed by atoms with Gasteiger partial charge in [0.25, 0.3) is 0 Å². The Morgan fingerprint density at radius 1 is 0.377 bits per heavy atom. The Bertz CT molecular complexity index is 2790. The quantitative estimate of drug-likeness (QED) is 0.174. The van der Waals surface area contributed by atoms with Crippen molar-refractivity contribution in [3.63, 3.8) is 0 Å². The first-order valence-electron chi connectivity index (χ1n) is 18.3. The monoisotopic (exact) mass is 679 g/mol. The van der Waals surface area contributed by atoms with Crippen LogP contribution >= 0.6 is 0 Å². The molecule has 2 heteroatoms. The van der Waals surface area contributed by atoms with Crippen molar-refractivity contribution in [1.82, 2.24) is 0 Å². The summed E-state index contributed by atoms with van der Waals surface area (Å²) in [6.07, 6.45) is 0. The van der Waals surface area contributed by atoms with Gasteiger partial charge < -0.3 is 9.32 Å². The van der Waals surface area contributed by atoms with Crippen LogP contribution in [0.2, 0.25) is 0 Å². The van der Waals surface area contributed by atoms with E-state index in [-0.39, 0.29) is 5.41 Å². The second kappa shape index (κ2) is 12.3. The molecule has 0 saturated heterocycles. The second-order valence-corrected chi connectivity index (χ2v) is 14.6. The first-order valence-corrected chi connectivity index (χ1v) is 18.3. The van der Waals surface area contributed by atoms with Gasteiger partial charge in [0.05, 0.1) is 0 Å². The van der Waals surface area contributed by atoms with Gasteiger partial charge in [0.15, 0.2) is 0 Å². The van der Waals surface area contributed by atoms with E-state index in [0.717, 1.165) is 39.0 Å². The van der Waals surface area contributed by atoms with E-state index in [1.54, 1.807) is 0 Å². The van der Waals surface area contributed by atoms with Crippen molar-refractivity contribution < 1.29 is 4.42 Å². The van der Waals surface area contributed by atoms with Crippen molar-refractivity contribution in [1.29, 1.82) is 0 Å². The summed E-state index contributed by atoms with van der Waals surface area (Å²) in [6, 6.07) is 67.8. The molecule has 0 unspecified atom stereocenters. The summed E-state index contributed by atoms with van der Waals surface area (Å²) in [7, 11) is 0. The molecule has 0 aliphatic heterocycles. The van der Waals surface area contributed by atoms with Gasteiger partial charge in [-0.25, -0.2) is 0 Å². The third-order valence-corrected chi connectivity index (χ3v) is 11.0. The van der Waals surface area contributed by atoms with Crippen LogP contribution in [0.5, 0.6) is 0 Å². The van der Waals surface area contributed by atoms with Crippen LogP contribution in [0.3, 0.4) is 0 Å². The van der Waals surface area contributed by atoms with Gasteiger partial charge in [-0.3, -0.25) is 0 Å². The summed E-state index contributed by atoms with van der Waals surface area (Å²) < 4.78 is 6.40. The Morgan fingerprint density at radius 3 is 1.79 bits per heavy atom. The SMILES string of the molecule is CC1(C)c2ccccc2-c2cc(-c3cccc(N(c4ccc(-c5ccccc5)cc4)c4ccc5c(c4)oc4ccccc45)c3)cc(-c3ccccc3)c21. The Labute approximate surface area is 310 Å². The fourth-order valence-electron chi connectivity index (χ4n) is 8.50. The number of benzene rings is 8. The summed E-state index contributed by atoms with van der Waals surface area (Å²) in [5, 5.41) is 2.25. The van der Waals surface area contributed by atoms with E-state index in [2.05, 4.69) is 195 Å². The third kappa shape index (κ3) is 5.18. The minimum absolute atomic E-state index is 0.116. The third-order valence-electron chi connectivity index (χ3n) is 11.0. The van der Waals surface area contributed by atoms with Crippen LogP contribution in [-0.4, -0.2) is 0 Å². The summed E-state index contributed by atoms with van der Waals surface area (Å²) in [6.45, 7) is 4.73. The number of para-hydroxylation sites is 1. The zero-order valence-corrected chi connectivity index (χ0v) is 29.8. The van der Waals surface area contributed by atoms with Crippen LogP contribution in [0.4, 0.5) is 17.1 Å². The van der Waals surface area contributed by atoms with Crippen LogP contribution in [0, 0.1) is 0 Å². The average Bonchev–Trinajstić information content (AvgIpc) is 3.70. The molecule has 9 aromatic rings. The summed E-state index contributed by atoms with van der Waals surface area (Å²) in [4.78, 5) is 2.34. The number of hydrogen-bond donors (Lipinski definition) is 0. The molecule has 0 spiro atoms. The van der Waals surface area contributed by atoms with Gasteiger partial charge in [-0.2, -0.15) is 0 Å². The Hall–Kier alpha value is -6.64. The Kier molecular flexibility index (Phi) is 7.19. The highest BCUT2D eigenvalue weighted by Crippen LogP contribution is 2.53. The summed E-state index contributed by atoms with van der Waals surface area (Å²) >= 11 is 0. The van der Waals surface area contributed by atoms with E-state index in [4.69, 9.17) is 4.42 Å². The fourth-order valence-corrected chi connectivity index (χ4v) is 8.50. The maximum Gasteiger partial charge on any atom is 0.137 e. The number of anilines is 3.